The van der Waals surface area contributed by atoms with Gasteiger partial charge in [0.25, 0.3) is 0 Å². The van der Waals surface area contributed by atoms with Crippen LogP contribution >= 0.6 is 0 Å². The highest BCUT2D eigenvalue weighted by Crippen LogP contribution is 2.48. The molecule has 0 amide bonds. The monoisotopic (exact) mass is 249 g/mol. The van der Waals surface area contributed by atoms with E-state index in [1.807, 2.05) is 13.0 Å². The molecule has 0 spiro atoms. The van der Waals surface area contributed by atoms with Gasteiger partial charge in [-0.15, -0.1) is 0 Å². The Hall–Kier alpha value is -0.890. The number of hydrogen-bond acceptors (Lipinski definition) is 1. The van der Waals surface area contributed by atoms with Gasteiger partial charge in [-0.25, -0.2) is 4.39 Å². The maximum absolute atomic E-state index is 13.1. The van der Waals surface area contributed by atoms with Crippen molar-refractivity contribution in [3.63, 3.8) is 0 Å². The Morgan fingerprint density at radius 1 is 1.33 bits per heavy atom. The van der Waals surface area contributed by atoms with Crippen molar-refractivity contribution in [3.05, 3.63) is 35.1 Å². The third kappa shape index (κ3) is 3.55. The van der Waals surface area contributed by atoms with E-state index in [1.54, 1.807) is 12.1 Å². The van der Waals surface area contributed by atoms with Gasteiger partial charge in [0.15, 0.2) is 0 Å². The summed E-state index contributed by atoms with van der Waals surface area (Å²) in [7, 11) is 0. The number of halogens is 1. The van der Waals surface area contributed by atoms with Crippen LogP contribution in [-0.4, -0.2) is 13.1 Å². The van der Waals surface area contributed by atoms with Crippen molar-refractivity contribution < 1.29 is 4.39 Å². The highest BCUT2D eigenvalue weighted by Gasteiger charge is 2.42. The first-order chi connectivity index (χ1) is 8.51. The second-order valence-electron chi connectivity index (χ2n) is 6.27. The molecule has 100 valence electrons. The van der Waals surface area contributed by atoms with E-state index in [4.69, 9.17) is 0 Å². The average Bonchev–Trinajstić information content (AvgIpc) is 3.02. The van der Waals surface area contributed by atoms with E-state index < -0.39 is 0 Å². The SMILES string of the molecule is Cc1cc(F)ccc1CC1(CNCC(C)C)CC1. The Kier molecular flexibility index (Phi) is 4.06. The van der Waals surface area contributed by atoms with Crippen LogP contribution in [0.5, 0.6) is 0 Å². The van der Waals surface area contributed by atoms with Crippen LogP contribution in [0.1, 0.15) is 37.8 Å². The smallest absolute Gasteiger partial charge is 0.123 e. The molecule has 1 aliphatic rings. The third-order valence-electron chi connectivity index (χ3n) is 3.88. The Labute approximate surface area is 110 Å². The van der Waals surface area contributed by atoms with E-state index in [0.717, 1.165) is 25.1 Å². The molecule has 2 rings (SSSR count). The second kappa shape index (κ2) is 5.40. The first-order valence-electron chi connectivity index (χ1n) is 6.96. The Balaban J connectivity index is 1.92. The Morgan fingerprint density at radius 3 is 2.61 bits per heavy atom. The van der Waals surface area contributed by atoms with E-state index in [-0.39, 0.29) is 5.82 Å². The van der Waals surface area contributed by atoms with E-state index in [9.17, 15) is 4.39 Å². The summed E-state index contributed by atoms with van der Waals surface area (Å²) in [5, 5.41) is 3.56. The molecule has 1 N–H and O–H groups in total. The highest BCUT2D eigenvalue weighted by molar-refractivity contribution is 5.28. The standard InChI is InChI=1S/C16H24FN/c1-12(2)10-18-11-16(6-7-16)9-14-4-5-15(17)8-13(14)3/h4-5,8,12,18H,6-7,9-11H2,1-3H3. The van der Waals surface area contributed by atoms with Crippen LogP contribution in [0.2, 0.25) is 0 Å². The zero-order valence-electron chi connectivity index (χ0n) is 11.7. The molecule has 1 aromatic rings. The predicted molar refractivity (Wildman–Crippen MR) is 74.2 cm³/mol. The van der Waals surface area contributed by atoms with E-state index in [0.29, 0.717) is 11.3 Å². The lowest BCUT2D eigenvalue weighted by Crippen LogP contribution is -2.28. The summed E-state index contributed by atoms with van der Waals surface area (Å²) in [4.78, 5) is 0. The summed E-state index contributed by atoms with van der Waals surface area (Å²) in [6.45, 7) is 8.66. The molecule has 0 aromatic heterocycles. The number of hydrogen-bond donors (Lipinski definition) is 1. The predicted octanol–water partition coefficient (Wildman–Crippen LogP) is 3.70. The van der Waals surface area contributed by atoms with Crippen molar-refractivity contribution in [2.24, 2.45) is 11.3 Å². The summed E-state index contributed by atoms with van der Waals surface area (Å²) >= 11 is 0. The minimum atomic E-state index is -0.126. The topological polar surface area (TPSA) is 12.0 Å². The second-order valence-corrected chi connectivity index (χ2v) is 6.27. The highest BCUT2D eigenvalue weighted by atomic mass is 19.1. The lowest BCUT2D eigenvalue weighted by atomic mass is 9.93. The van der Waals surface area contributed by atoms with Gasteiger partial charge < -0.3 is 5.32 Å². The van der Waals surface area contributed by atoms with E-state index in [1.165, 1.54) is 18.4 Å². The fraction of sp³-hybridized carbons (Fsp3) is 0.625. The van der Waals surface area contributed by atoms with Gasteiger partial charge in [0.1, 0.15) is 5.82 Å². The fourth-order valence-electron chi connectivity index (χ4n) is 2.48. The first kappa shape index (κ1) is 13.5. The first-order valence-corrected chi connectivity index (χ1v) is 6.96. The van der Waals surface area contributed by atoms with Gasteiger partial charge in [0.05, 0.1) is 0 Å². The van der Waals surface area contributed by atoms with Crippen molar-refractivity contribution >= 4 is 0 Å². The van der Waals surface area contributed by atoms with Gasteiger partial charge in [-0.3, -0.25) is 0 Å². The molecule has 1 fully saturated rings. The van der Waals surface area contributed by atoms with Crippen molar-refractivity contribution in [1.82, 2.24) is 5.32 Å². The van der Waals surface area contributed by atoms with Gasteiger partial charge in [0.2, 0.25) is 0 Å². The molecule has 0 aliphatic heterocycles. The van der Waals surface area contributed by atoms with Crippen LogP contribution in [0.15, 0.2) is 18.2 Å². The van der Waals surface area contributed by atoms with Crippen LogP contribution in [0.25, 0.3) is 0 Å². The fourth-order valence-corrected chi connectivity index (χ4v) is 2.48. The van der Waals surface area contributed by atoms with Crippen molar-refractivity contribution in [2.75, 3.05) is 13.1 Å². The summed E-state index contributed by atoms with van der Waals surface area (Å²) in [5.74, 6) is 0.576. The molecule has 0 heterocycles. The normalized spacial score (nSPS) is 17.2. The Morgan fingerprint density at radius 2 is 2.06 bits per heavy atom. The summed E-state index contributed by atoms with van der Waals surface area (Å²) < 4.78 is 13.1. The molecule has 18 heavy (non-hydrogen) atoms. The summed E-state index contributed by atoms with van der Waals surface area (Å²) in [6, 6.07) is 5.18. The van der Waals surface area contributed by atoms with Crippen LogP contribution < -0.4 is 5.32 Å². The largest absolute Gasteiger partial charge is 0.316 e. The Bertz CT molecular complexity index is 408. The molecule has 1 aromatic carbocycles. The molecule has 1 aliphatic carbocycles. The molecule has 1 saturated carbocycles. The zero-order chi connectivity index (χ0) is 13.2. The number of benzene rings is 1. The minimum Gasteiger partial charge on any atom is -0.316 e. The summed E-state index contributed by atoms with van der Waals surface area (Å²) in [6.07, 6.45) is 3.69. The molecular formula is C16H24FN. The molecule has 1 nitrogen and oxygen atoms in total. The van der Waals surface area contributed by atoms with Gasteiger partial charge in [0, 0.05) is 6.54 Å². The van der Waals surface area contributed by atoms with Gasteiger partial charge in [-0.2, -0.15) is 0 Å². The number of aryl methyl sites for hydroxylation is 1. The van der Waals surface area contributed by atoms with Crippen LogP contribution in [0.3, 0.4) is 0 Å². The molecule has 0 saturated heterocycles. The maximum Gasteiger partial charge on any atom is 0.123 e. The maximum atomic E-state index is 13.1. The van der Waals surface area contributed by atoms with Gasteiger partial charge in [-0.1, -0.05) is 19.9 Å². The van der Waals surface area contributed by atoms with Gasteiger partial charge >= 0.3 is 0 Å². The van der Waals surface area contributed by atoms with Crippen LogP contribution in [0.4, 0.5) is 4.39 Å². The molecule has 0 bridgehead atoms. The van der Waals surface area contributed by atoms with Gasteiger partial charge in [-0.05, 0) is 67.3 Å². The van der Waals surface area contributed by atoms with E-state index >= 15 is 0 Å². The number of rotatable bonds is 6. The van der Waals surface area contributed by atoms with Crippen LogP contribution in [-0.2, 0) is 6.42 Å². The molecular weight excluding hydrogens is 225 g/mol. The lowest BCUT2D eigenvalue weighted by Gasteiger charge is -2.18. The molecule has 0 unspecified atom stereocenters. The lowest BCUT2D eigenvalue weighted by molar-refractivity contribution is 0.431. The summed E-state index contributed by atoms with van der Waals surface area (Å²) in [5.41, 5.74) is 2.84. The third-order valence-corrected chi connectivity index (χ3v) is 3.88. The van der Waals surface area contributed by atoms with Crippen molar-refractivity contribution in [1.29, 1.82) is 0 Å². The molecule has 0 atom stereocenters. The quantitative estimate of drug-likeness (QED) is 0.810. The zero-order valence-corrected chi connectivity index (χ0v) is 11.7. The van der Waals surface area contributed by atoms with Crippen molar-refractivity contribution in [2.45, 2.75) is 40.0 Å². The van der Waals surface area contributed by atoms with Crippen molar-refractivity contribution in [3.8, 4) is 0 Å². The number of nitrogens with one attached hydrogen (secondary N) is 1. The minimum absolute atomic E-state index is 0.126. The van der Waals surface area contributed by atoms with Crippen LogP contribution in [0, 0.1) is 24.1 Å². The molecule has 2 heteroatoms. The van der Waals surface area contributed by atoms with E-state index in [2.05, 4.69) is 19.2 Å². The average molecular weight is 249 g/mol. The molecule has 0 radical (unpaired) electrons.